The minimum Gasteiger partial charge on any atom is -0.418 e. The van der Waals surface area contributed by atoms with E-state index in [1.54, 1.807) is 0 Å². The largest absolute Gasteiger partial charge is 0.418 e. The number of carbonyl (C=O) groups excluding carboxylic acids is 2. The zero-order chi connectivity index (χ0) is 23.3. The molecule has 1 amide bonds. The Morgan fingerprint density at radius 3 is 2.50 bits per heavy atom. The molecule has 3 rings (SSSR count). The Morgan fingerprint density at radius 1 is 1.12 bits per heavy atom. The number of benzene rings is 1. The number of amides is 1. The van der Waals surface area contributed by atoms with E-state index in [9.17, 15) is 14.4 Å². The van der Waals surface area contributed by atoms with Gasteiger partial charge >= 0.3 is 0 Å². The van der Waals surface area contributed by atoms with Crippen LogP contribution in [-0.4, -0.2) is 38.0 Å². The first-order valence-corrected chi connectivity index (χ1v) is 10.4. The maximum absolute atomic E-state index is 12.5. The van der Waals surface area contributed by atoms with Crippen LogP contribution in [0, 0.1) is 5.92 Å². The number of Topliss-reactive ketones (excluding diaryl/α,β-unsaturated/α-hetero) is 1. The molecule has 0 aliphatic rings. The molecule has 0 fully saturated rings. The minimum atomic E-state index is -0.343. The molecule has 2 heterocycles. The lowest BCUT2D eigenvalue weighted by Crippen LogP contribution is -2.35. The maximum atomic E-state index is 12.5. The Balaban J connectivity index is 1.58. The van der Waals surface area contributed by atoms with Crippen molar-refractivity contribution in [2.45, 2.75) is 46.1 Å². The quantitative estimate of drug-likeness (QED) is 0.538. The third-order valence-electron chi connectivity index (χ3n) is 4.76. The molecular weight excluding hydrogens is 410 g/mol. The van der Waals surface area contributed by atoms with E-state index in [2.05, 4.69) is 20.5 Å². The molecule has 3 aromatic rings. The molecule has 0 saturated heterocycles. The molecule has 0 radical (unpaired) electrons. The van der Waals surface area contributed by atoms with Gasteiger partial charge in [0, 0.05) is 36.2 Å². The highest BCUT2D eigenvalue weighted by molar-refractivity contribution is 5.91. The van der Waals surface area contributed by atoms with Gasteiger partial charge in [0.1, 0.15) is 12.4 Å². The molecule has 9 nitrogen and oxygen atoms in total. The van der Waals surface area contributed by atoms with Gasteiger partial charge in [0.25, 0.3) is 11.4 Å². The fourth-order valence-corrected chi connectivity index (χ4v) is 3.01. The van der Waals surface area contributed by atoms with Crippen LogP contribution in [0.25, 0.3) is 11.4 Å². The van der Waals surface area contributed by atoms with Crippen molar-refractivity contribution < 1.29 is 14.0 Å². The third kappa shape index (κ3) is 5.75. The topological polar surface area (TPSA) is 120 Å². The van der Waals surface area contributed by atoms with E-state index in [1.165, 1.54) is 16.8 Å². The first-order chi connectivity index (χ1) is 15.1. The highest BCUT2D eigenvalue weighted by atomic mass is 16.4. The van der Waals surface area contributed by atoms with Gasteiger partial charge in [0.15, 0.2) is 0 Å². The third-order valence-corrected chi connectivity index (χ3v) is 4.76. The summed E-state index contributed by atoms with van der Waals surface area (Å²) in [6, 6.07) is 10.5. The Morgan fingerprint density at radius 2 is 1.84 bits per heavy atom. The average Bonchev–Trinajstić information content (AvgIpc) is 3.25. The Kier molecular flexibility index (Phi) is 6.97. The van der Waals surface area contributed by atoms with Crippen molar-refractivity contribution in [2.75, 3.05) is 6.54 Å². The smallest absolute Gasteiger partial charge is 0.284 e. The summed E-state index contributed by atoms with van der Waals surface area (Å²) >= 11 is 0. The van der Waals surface area contributed by atoms with Gasteiger partial charge in [0.2, 0.25) is 17.6 Å². The molecule has 1 atom stereocenters. The van der Waals surface area contributed by atoms with Gasteiger partial charge < -0.3 is 9.73 Å². The minimum absolute atomic E-state index is 0.0254. The summed E-state index contributed by atoms with van der Waals surface area (Å²) in [5.41, 5.74) is 0.0862. The average molecular weight is 438 g/mol. The standard InChI is InChI=1S/C23H27N5O4/c1-15(12-17(29)21-26-27-22(32-21)23(2,3)4)13-25-18(30)14-28-19(31)10-11-24-20(28)16-8-6-5-7-9-16/h5-11,15H,12-14H2,1-4H3,(H,25,30). The summed E-state index contributed by atoms with van der Waals surface area (Å²) in [6.07, 6.45) is 1.57. The molecule has 0 aliphatic heterocycles. The second-order valence-corrected chi connectivity index (χ2v) is 8.76. The molecule has 0 bridgehead atoms. The van der Waals surface area contributed by atoms with Crippen molar-refractivity contribution in [3.8, 4) is 11.4 Å². The van der Waals surface area contributed by atoms with Crippen LogP contribution < -0.4 is 10.9 Å². The lowest BCUT2D eigenvalue weighted by Gasteiger charge is -2.14. The number of carbonyl (C=O) groups is 2. The number of rotatable bonds is 8. The zero-order valence-electron chi connectivity index (χ0n) is 18.7. The summed E-state index contributed by atoms with van der Waals surface area (Å²) < 4.78 is 6.81. The van der Waals surface area contributed by atoms with Gasteiger partial charge in [-0.25, -0.2) is 4.98 Å². The van der Waals surface area contributed by atoms with Gasteiger partial charge in [0.05, 0.1) is 0 Å². The Labute approximate surface area is 185 Å². The van der Waals surface area contributed by atoms with Crippen molar-refractivity contribution in [3.05, 3.63) is 64.7 Å². The number of ketones is 1. The number of aromatic nitrogens is 4. The molecule has 32 heavy (non-hydrogen) atoms. The number of hydrogen-bond donors (Lipinski definition) is 1. The van der Waals surface area contributed by atoms with Gasteiger partial charge in [-0.05, 0) is 5.92 Å². The van der Waals surface area contributed by atoms with Gasteiger partial charge in [-0.15, -0.1) is 10.2 Å². The van der Waals surface area contributed by atoms with Gasteiger partial charge in [-0.1, -0.05) is 58.0 Å². The van der Waals surface area contributed by atoms with Crippen molar-refractivity contribution in [3.63, 3.8) is 0 Å². The monoisotopic (exact) mass is 437 g/mol. The highest BCUT2D eigenvalue weighted by Gasteiger charge is 2.24. The van der Waals surface area contributed by atoms with Crippen LogP contribution >= 0.6 is 0 Å². The van der Waals surface area contributed by atoms with Crippen LogP contribution in [0.15, 0.2) is 51.8 Å². The summed E-state index contributed by atoms with van der Waals surface area (Å²) in [4.78, 5) is 41.5. The van der Waals surface area contributed by atoms with Crippen LogP contribution in [0.2, 0.25) is 0 Å². The van der Waals surface area contributed by atoms with Crippen LogP contribution in [0.1, 0.15) is 50.7 Å². The first kappa shape index (κ1) is 23.1. The van der Waals surface area contributed by atoms with Crippen LogP contribution in [-0.2, 0) is 16.8 Å². The van der Waals surface area contributed by atoms with E-state index in [0.717, 1.165) is 5.56 Å². The van der Waals surface area contributed by atoms with E-state index in [-0.39, 0.29) is 54.0 Å². The normalized spacial score (nSPS) is 12.4. The van der Waals surface area contributed by atoms with Crippen molar-refractivity contribution in [2.24, 2.45) is 5.92 Å². The molecule has 0 saturated carbocycles. The summed E-state index contributed by atoms with van der Waals surface area (Å²) in [6.45, 7) is 7.69. The predicted molar refractivity (Wildman–Crippen MR) is 118 cm³/mol. The SMILES string of the molecule is CC(CNC(=O)Cn1c(-c2ccccc2)nccc1=O)CC(=O)c1nnc(C(C)(C)C)o1. The lowest BCUT2D eigenvalue weighted by atomic mass is 9.97. The van der Waals surface area contributed by atoms with E-state index in [4.69, 9.17) is 4.42 Å². The fourth-order valence-electron chi connectivity index (χ4n) is 3.01. The molecular formula is C23H27N5O4. The Hall–Kier alpha value is -3.62. The zero-order valence-corrected chi connectivity index (χ0v) is 18.7. The van der Waals surface area contributed by atoms with Gasteiger partial charge in [-0.3, -0.25) is 19.0 Å². The molecule has 168 valence electrons. The molecule has 0 spiro atoms. The van der Waals surface area contributed by atoms with Crippen molar-refractivity contribution in [1.29, 1.82) is 0 Å². The molecule has 0 aliphatic carbocycles. The molecule has 1 N–H and O–H groups in total. The van der Waals surface area contributed by atoms with E-state index in [1.807, 2.05) is 58.0 Å². The molecule has 1 aromatic carbocycles. The van der Waals surface area contributed by atoms with Crippen LogP contribution in [0.5, 0.6) is 0 Å². The molecule has 9 heteroatoms. The fraction of sp³-hybridized carbons (Fsp3) is 0.391. The second-order valence-electron chi connectivity index (χ2n) is 8.76. The first-order valence-electron chi connectivity index (χ1n) is 10.4. The van der Waals surface area contributed by atoms with Crippen molar-refractivity contribution >= 4 is 11.7 Å². The Bertz CT molecular complexity index is 1140. The van der Waals surface area contributed by atoms with Crippen LogP contribution in [0.3, 0.4) is 0 Å². The van der Waals surface area contributed by atoms with Crippen molar-refractivity contribution in [1.82, 2.24) is 25.1 Å². The van der Waals surface area contributed by atoms with E-state index >= 15 is 0 Å². The highest BCUT2D eigenvalue weighted by Crippen LogP contribution is 2.21. The molecule has 2 aromatic heterocycles. The number of nitrogens with one attached hydrogen (secondary N) is 1. The number of hydrogen-bond acceptors (Lipinski definition) is 7. The second kappa shape index (κ2) is 9.67. The summed E-state index contributed by atoms with van der Waals surface area (Å²) in [7, 11) is 0. The summed E-state index contributed by atoms with van der Waals surface area (Å²) in [5, 5.41) is 10.5. The maximum Gasteiger partial charge on any atom is 0.284 e. The van der Waals surface area contributed by atoms with Gasteiger partial charge in [-0.2, -0.15) is 0 Å². The van der Waals surface area contributed by atoms with Crippen LogP contribution in [0.4, 0.5) is 0 Å². The number of nitrogens with zero attached hydrogens (tertiary/aromatic N) is 4. The lowest BCUT2D eigenvalue weighted by molar-refractivity contribution is -0.121. The van der Waals surface area contributed by atoms with E-state index < -0.39 is 0 Å². The van der Waals surface area contributed by atoms with E-state index in [0.29, 0.717) is 11.7 Å². The molecule has 1 unspecified atom stereocenters. The predicted octanol–water partition coefficient (Wildman–Crippen LogP) is 2.62. The summed E-state index contributed by atoms with van der Waals surface area (Å²) in [5.74, 6) is 0.0209.